The van der Waals surface area contributed by atoms with Gasteiger partial charge in [0.1, 0.15) is 0 Å². The van der Waals surface area contributed by atoms with E-state index in [0.717, 1.165) is 6.42 Å². The largest absolute Gasteiger partial charge is 0.437 e. The molecule has 0 fully saturated rings. The second-order valence-electron chi connectivity index (χ2n) is 3.48. The molecule has 1 rings (SSSR count). The van der Waals surface area contributed by atoms with Gasteiger partial charge in [0.2, 0.25) is 5.89 Å². The summed E-state index contributed by atoms with van der Waals surface area (Å²) in [6.45, 7) is 4.29. The van der Waals surface area contributed by atoms with Crippen LogP contribution in [-0.2, 0) is 13.0 Å². The number of aromatic nitrogens is 2. The molecule has 0 aliphatic heterocycles. The maximum absolute atomic E-state index is 11.2. The number of hydrogen-bond acceptors (Lipinski definition) is 4. The van der Waals surface area contributed by atoms with Crippen LogP contribution < -0.4 is 5.76 Å². The molecule has 14 heavy (non-hydrogen) atoms. The standard InChI is InChI=1S/C9H16N2O3/c1-3-4-8-10-11(9(13)14-8)5-7(2)6-12/h7,12H,3-6H2,1-2H3. The minimum atomic E-state index is -0.436. The quantitative estimate of drug-likeness (QED) is 0.747. The van der Waals surface area contributed by atoms with Gasteiger partial charge in [-0.1, -0.05) is 13.8 Å². The lowest BCUT2D eigenvalue weighted by Gasteiger charge is -2.04. The Morgan fingerprint density at radius 2 is 2.36 bits per heavy atom. The Kier molecular flexibility index (Phi) is 3.88. The summed E-state index contributed by atoms with van der Waals surface area (Å²) < 4.78 is 6.18. The smallest absolute Gasteiger partial charge is 0.396 e. The van der Waals surface area contributed by atoms with Crippen LogP contribution in [0.5, 0.6) is 0 Å². The molecule has 1 unspecified atom stereocenters. The molecule has 0 spiro atoms. The lowest BCUT2D eigenvalue weighted by atomic mass is 10.2. The van der Waals surface area contributed by atoms with E-state index < -0.39 is 5.76 Å². The predicted octanol–water partition coefficient (Wildman–Crippen LogP) is 0.417. The molecule has 5 nitrogen and oxygen atoms in total. The summed E-state index contributed by atoms with van der Waals surface area (Å²) in [7, 11) is 0. The van der Waals surface area contributed by atoms with Crippen molar-refractivity contribution in [1.82, 2.24) is 9.78 Å². The van der Waals surface area contributed by atoms with Crippen molar-refractivity contribution in [1.29, 1.82) is 0 Å². The zero-order chi connectivity index (χ0) is 10.6. The summed E-state index contributed by atoms with van der Waals surface area (Å²) >= 11 is 0. The molecule has 0 saturated heterocycles. The van der Waals surface area contributed by atoms with Gasteiger partial charge in [-0.3, -0.25) is 0 Å². The van der Waals surface area contributed by atoms with Crippen LogP contribution in [0.15, 0.2) is 9.21 Å². The Balaban J connectivity index is 2.72. The highest BCUT2D eigenvalue weighted by molar-refractivity contribution is 4.74. The van der Waals surface area contributed by atoms with Crippen LogP contribution in [-0.4, -0.2) is 21.5 Å². The fraction of sp³-hybridized carbons (Fsp3) is 0.778. The van der Waals surface area contributed by atoms with Crippen molar-refractivity contribution in [2.24, 2.45) is 5.92 Å². The molecule has 1 aromatic rings. The minimum absolute atomic E-state index is 0.0206. The van der Waals surface area contributed by atoms with E-state index in [1.54, 1.807) is 0 Å². The zero-order valence-corrected chi connectivity index (χ0v) is 8.56. The molecule has 0 aliphatic carbocycles. The molecular formula is C9H16N2O3. The van der Waals surface area contributed by atoms with E-state index in [4.69, 9.17) is 9.52 Å². The Labute approximate surface area is 82.4 Å². The van der Waals surface area contributed by atoms with Gasteiger partial charge in [0.15, 0.2) is 0 Å². The molecule has 0 amide bonds. The Morgan fingerprint density at radius 1 is 1.64 bits per heavy atom. The van der Waals surface area contributed by atoms with Crippen LogP contribution >= 0.6 is 0 Å². The molecule has 0 bridgehead atoms. The van der Waals surface area contributed by atoms with E-state index in [1.807, 2.05) is 13.8 Å². The van der Waals surface area contributed by atoms with Gasteiger partial charge < -0.3 is 9.52 Å². The number of rotatable bonds is 5. The molecule has 0 saturated carbocycles. The molecule has 0 aromatic carbocycles. The first kappa shape index (κ1) is 11.0. The highest BCUT2D eigenvalue weighted by Crippen LogP contribution is 1.99. The van der Waals surface area contributed by atoms with Crippen LogP contribution in [0.25, 0.3) is 0 Å². The van der Waals surface area contributed by atoms with Crippen LogP contribution in [0.4, 0.5) is 0 Å². The first-order valence-electron chi connectivity index (χ1n) is 4.85. The molecule has 5 heteroatoms. The summed E-state index contributed by atoms with van der Waals surface area (Å²) in [5, 5.41) is 12.8. The van der Waals surface area contributed by atoms with Crippen LogP contribution in [0.2, 0.25) is 0 Å². The summed E-state index contributed by atoms with van der Waals surface area (Å²) in [4.78, 5) is 11.2. The van der Waals surface area contributed by atoms with Gasteiger partial charge in [-0.15, -0.1) is 5.10 Å². The second kappa shape index (κ2) is 4.95. The van der Waals surface area contributed by atoms with E-state index >= 15 is 0 Å². The fourth-order valence-corrected chi connectivity index (χ4v) is 1.13. The van der Waals surface area contributed by atoms with Gasteiger partial charge in [0.25, 0.3) is 0 Å². The third-order valence-corrected chi connectivity index (χ3v) is 1.91. The highest BCUT2D eigenvalue weighted by atomic mass is 16.4. The number of aliphatic hydroxyl groups excluding tert-OH is 1. The minimum Gasteiger partial charge on any atom is -0.396 e. The van der Waals surface area contributed by atoms with Crippen molar-refractivity contribution in [3.8, 4) is 0 Å². The molecule has 80 valence electrons. The van der Waals surface area contributed by atoms with E-state index in [9.17, 15) is 4.79 Å². The van der Waals surface area contributed by atoms with Crippen molar-refractivity contribution in [2.75, 3.05) is 6.61 Å². The number of hydrogen-bond donors (Lipinski definition) is 1. The molecular weight excluding hydrogens is 184 g/mol. The lowest BCUT2D eigenvalue weighted by Crippen LogP contribution is -2.21. The average molecular weight is 200 g/mol. The molecule has 1 aromatic heterocycles. The van der Waals surface area contributed by atoms with Crippen molar-refractivity contribution in [3.63, 3.8) is 0 Å². The summed E-state index contributed by atoms with van der Waals surface area (Å²) in [6.07, 6.45) is 1.57. The third kappa shape index (κ3) is 2.70. The topological polar surface area (TPSA) is 68.3 Å². The molecule has 1 N–H and O–H groups in total. The SMILES string of the molecule is CCCc1nn(CC(C)CO)c(=O)o1. The van der Waals surface area contributed by atoms with Gasteiger partial charge in [0, 0.05) is 13.0 Å². The number of nitrogens with zero attached hydrogens (tertiary/aromatic N) is 2. The fourth-order valence-electron chi connectivity index (χ4n) is 1.13. The van der Waals surface area contributed by atoms with Gasteiger partial charge >= 0.3 is 5.76 Å². The summed E-state index contributed by atoms with van der Waals surface area (Å²) in [6, 6.07) is 0. The monoisotopic (exact) mass is 200 g/mol. The van der Waals surface area contributed by atoms with E-state index in [-0.39, 0.29) is 12.5 Å². The van der Waals surface area contributed by atoms with Crippen LogP contribution in [0, 0.1) is 5.92 Å². The van der Waals surface area contributed by atoms with Crippen molar-refractivity contribution in [3.05, 3.63) is 16.4 Å². The highest BCUT2D eigenvalue weighted by Gasteiger charge is 2.09. The second-order valence-corrected chi connectivity index (χ2v) is 3.48. The molecule has 1 atom stereocenters. The van der Waals surface area contributed by atoms with Crippen molar-refractivity contribution < 1.29 is 9.52 Å². The third-order valence-electron chi connectivity index (χ3n) is 1.91. The summed E-state index contributed by atoms with van der Waals surface area (Å²) in [5.41, 5.74) is 0. The lowest BCUT2D eigenvalue weighted by molar-refractivity contribution is 0.216. The van der Waals surface area contributed by atoms with Gasteiger partial charge in [0.05, 0.1) is 6.54 Å². The number of aryl methyl sites for hydroxylation is 1. The van der Waals surface area contributed by atoms with Crippen LogP contribution in [0.3, 0.4) is 0 Å². The molecule has 1 heterocycles. The first-order valence-corrected chi connectivity index (χ1v) is 4.85. The molecule has 0 aliphatic rings. The first-order chi connectivity index (χ1) is 6.67. The Bertz CT molecular complexity index is 329. The summed E-state index contributed by atoms with van der Waals surface area (Å²) in [5.74, 6) is 0.0590. The van der Waals surface area contributed by atoms with Crippen molar-refractivity contribution >= 4 is 0 Å². The van der Waals surface area contributed by atoms with E-state index in [1.165, 1.54) is 4.68 Å². The predicted molar refractivity (Wildman–Crippen MR) is 51.0 cm³/mol. The number of aliphatic hydroxyl groups is 1. The molecule has 0 radical (unpaired) electrons. The maximum Gasteiger partial charge on any atom is 0.437 e. The van der Waals surface area contributed by atoms with Crippen LogP contribution in [0.1, 0.15) is 26.2 Å². The zero-order valence-electron chi connectivity index (χ0n) is 8.56. The van der Waals surface area contributed by atoms with E-state index in [2.05, 4.69) is 5.10 Å². The van der Waals surface area contributed by atoms with Gasteiger partial charge in [-0.05, 0) is 12.3 Å². The Morgan fingerprint density at radius 3 is 2.93 bits per heavy atom. The van der Waals surface area contributed by atoms with E-state index in [0.29, 0.717) is 18.9 Å². The maximum atomic E-state index is 11.2. The van der Waals surface area contributed by atoms with Gasteiger partial charge in [-0.25, -0.2) is 4.79 Å². The Hall–Kier alpha value is -1.10. The van der Waals surface area contributed by atoms with Crippen molar-refractivity contribution in [2.45, 2.75) is 33.2 Å². The average Bonchev–Trinajstić information content (AvgIpc) is 2.47. The van der Waals surface area contributed by atoms with Gasteiger partial charge in [-0.2, -0.15) is 4.68 Å². The normalized spacial score (nSPS) is 13.1.